The molecule has 2 fully saturated rings. The Morgan fingerprint density at radius 2 is 2.00 bits per heavy atom. The molecule has 1 saturated carbocycles. The van der Waals surface area contributed by atoms with Crippen molar-refractivity contribution in [3.63, 3.8) is 0 Å². The zero-order chi connectivity index (χ0) is 19.6. The van der Waals surface area contributed by atoms with Gasteiger partial charge >= 0.3 is 0 Å². The summed E-state index contributed by atoms with van der Waals surface area (Å²) in [6, 6.07) is 4.25. The van der Waals surface area contributed by atoms with Gasteiger partial charge in [0, 0.05) is 37.7 Å². The average Bonchev–Trinajstić information content (AvgIpc) is 3.12. The van der Waals surface area contributed by atoms with Crippen molar-refractivity contribution in [2.24, 2.45) is 5.92 Å². The highest BCUT2D eigenvalue weighted by Gasteiger charge is 2.38. The highest BCUT2D eigenvalue weighted by atomic mass is 32.2. The Balaban J connectivity index is 1.89. The van der Waals surface area contributed by atoms with Gasteiger partial charge in [-0.05, 0) is 37.8 Å². The van der Waals surface area contributed by atoms with Gasteiger partial charge in [-0.2, -0.15) is 4.31 Å². The fourth-order valence-electron chi connectivity index (χ4n) is 4.21. The van der Waals surface area contributed by atoms with Gasteiger partial charge in [-0.25, -0.2) is 8.42 Å². The van der Waals surface area contributed by atoms with E-state index in [0.29, 0.717) is 24.7 Å². The van der Waals surface area contributed by atoms with E-state index in [0.717, 1.165) is 32.3 Å². The Kier molecular flexibility index (Phi) is 6.02. The number of fused-ring (bicyclic) bond motifs is 1. The van der Waals surface area contributed by atoms with Crippen molar-refractivity contribution in [1.82, 2.24) is 4.31 Å². The van der Waals surface area contributed by atoms with Gasteiger partial charge in [-0.3, -0.25) is 10.1 Å². The molecule has 1 N–H and O–H groups in total. The van der Waals surface area contributed by atoms with Gasteiger partial charge in [0.2, 0.25) is 10.0 Å². The molecule has 1 aliphatic heterocycles. The quantitative estimate of drug-likeness (QED) is 0.560. The van der Waals surface area contributed by atoms with Crippen LogP contribution in [0.15, 0.2) is 23.1 Å². The number of anilines is 1. The monoisotopic (exact) mass is 397 g/mol. The van der Waals surface area contributed by atoms with Crippen molar-refractivity contribution in [2.75, 3.05) is 25.0 Å². The lowest BCUT2D eigenvalue weighted by Crippen LogP contribution is -2.38. The molecule has 1 aromatic carbocycles. The van der Waals surface area contributed by atoms with Crippen LogP contribution in [0.5, 0.6) is 0 Å². The second kappa shape index (κ2) is 8.12. The molecule has 8 nitrogen and oxygen atoms in total. The molecule has 0 amide bonds. The molecule has 3 unspecified atom stereocenters. The fraction of sp³-hybridized carbons (Fsp3) is 0.667. The van der Waals surface area contributed by atoms with Gasteiger partial charge < -0.3 is 10.1 Å². The van der Waals surface area contributed by atoms with Crippen molar-refractivity contribution in [3.8, 4) is 0 Å². The summed E-state index contributed by atoms with van der Waals surface area (Å²) in [5, 5.41) is 14.9. The molecule has 0 aromatic heterocycles. The van der Waals surface area contributed by atoms with Gasteiger partial charge in [-0.1, -0.05) is 13.8 Å². The second-order valence-electron chi connectivity index (χ2n) is 7.07. The highest BCUT2D eigenvalue weighted by molar-refractivity contribution is 7.89. The summed E-state index contributed by atoms with van der Waals surface area (Å²) < 4.78 is 32.4. The lowest BCUT2D eigenvalue weighted by atomic mass is 9.81. The molecule has 0 bridgehead atoms. The van der Waals surface area contributed by atoms with Gasteiger partial charge in [0.25, 0.3) is 5.69 Å². The SMILES string of the molecule is CCN(CC)S(=O)(=O)c1ccc(NC2CCCC3OCCC23)c([N+](=O)[O-])c1. The molecule has 1 aliphatic carbocycles. The van der Waals surface area contributed by atoms with Crippen LogP contribution in [0.25, 0.3) is 0 Å². The summed E-state index contributed by atoms with van der Waals surface area (Å²) in [6.07, 6.45) is 4.15. The van der Waals surface area contributed by atoms with E-state index in [2.05, 4.69) is 5.32 Å². The predicted molar refractivity (Wildman–Crippen MR) is 102 cm³/mol. The summed E-state index contributed by atoms with van der Waals surface area (Å²) in [6.45, 7) is 4.86. The minimum atomic E-state index is -3.74. The number of sulfonamides is 1. The zero-order valence-corrected chi connectivity index (χ0v) is 16.6. The number of nitro benzene ring substituents is 1. The third kappa shape index (κ3) is 3.95. The van der Waals surface area contributed by atoms with Crippen LogP contribution in [0, 0.1) is 16.0 Å². The number of rotatable bonds is 7. The van der Waals surface area contributed by atoms with E-state index >= 15 is 0 Å². The first-order chi connectivity index (χ1) is 12.9. The third-order valence-electron chi connectivity index (χ3n) is 5.63. The van der Waals surface area contributed by atoms with Crippen LogP contribution in [-0.2, 0) is 14.8 Å². The van der Waals surface area contributed by atoms with Gasteiger partial charge in [0.05, 0.1) is 15.9 Å². The number of nitrogens with one attached hydrogen (secondary N) is 1. The number of benzene rings is 1. The molecule has 27 heavy (non-hydrogen) atoms. The maximum Gasteiger partial charge on any atom is 0.293 e. The molecule has 3 atom stereocenters. The Hall–Kier alpha value is -1.71. The standard InChI is InChI=1S/C18H27N3O5S/c1-3-20(4-2)27(24,25)13-8-9-16(17(12-13)21(22)23)19-15-6-5-7-18-14(15)10-11-26-18/h8-9,12,14-15,18-19H,3-7,10-11H2,1-2H3. The molecule has 0 spiro atoms. The first-order valence-electron chi connectivity index (χ1n) is 9.55. The molecule has 1 saturated heterocycles. The van der Waals surface area contributed by atoms with Crippen LogP contribution in [0.2, 0.25) is 0 Å². The lowest BCUT2D eigenvalue weighted by molar-refractivity contribution is -0.384. The van der Waals surface area contributed by atoms with E-state index in [1.54, 1.807) is 13.8 Å². The Morgan fingerprint density at radius 3 is 2.67 bits per heavy atom. The second-order valence-corrected chi connectivity index (χ2v) is 9.01. The summed E-state index contributed by atoms with van der Waals surface area (Å²) in [5.41, 5.74) is 0.167. The van der Waals surface area contributed by atoms with Crippen molar-refractivity contribution in [1.29, 1.82) is 0 Å². The zero-order valence-electron chi connectivity index (χ0n) is 15.8. The van der Waals surface area contributed by atoms with E-state index in [4.69, 9.17) is 4.74 Å². The number of hydrogen-bond donors (Lipinski definition) is 1. The molecule has 3 rings (SSSR count). The molecule has 0 radical (unpaired) electrons. The third-order valence-corrected chi connectivity index (χ3v) is 7.68. The Labute approximate surface area is 160 Å². The lowest BCUT2D eigenvalue weighted by Gasteiger charge is -2.33. The summed E-state index contributed by atoms with van der Waals surface area (Å²) >= 11 is 0. The molecule has 1 heterocycles. The van der Waals surface area contributed by atoms with Crippen LogP contribution in [0.4, 0.5) is 11.4 Å². The van der Waals surface area contributed by atoms with E-state index in [1.165, 1.54) is 22.5 Å². The first kappa shape index (κ1) is 20.0. The van der Waals surface area contributed by atoms with Gasteiger partial charge in [-0.15, -0.1) is 0 Å². The van der Waals surface area contributed by atoms with E-state index in [9.17, 15) is 18.5 Å². The predicted octanol–water partition coefficient (Wildman–Crippen LogP) is 2.99. The van der Waals surface area contributed by atoms with E-state index in [1.807, 2.05) is 0 Å². The Morgan fingerprint density at radius 1 is 1.26 bits per heavy atom. The normalized spacial score (nSPS) is 25.4. The Bertz CT molecular complexity index is 794. The largest absolute Gasteiger partial charge is 0.378 e. The van der Waals surface area contributed by atoms with Crippen LogP contribution in [-0.4, -0.2) is 49.5 Å². The van der Waals surface area contributed by atoms with Gasteiger partial charge in [0.15, 0.2) is 0 Å². The minimum Gasteiger partial charge on any atom is -0.378 e. The smallest absolute Gasteiger partial charge is 0.293 e. The molecular weight excluding hydrogens is 370 g/mol. The number of ether oxygens (including phenoxy) is 1. The first-order valence-corrected chi connectivity index (χ1v) is 11.0. The number of nitrogens with zero attached hydrogens (tertiary/aromatic N) is 2. The van der Waals surface area contributed by atoms with Crippen LogP contribution < -0.4 is 5.32 Å². The average molecular weight is 397 g/mol. The summed E-state index contributed by atoms with van der Waals surface area (Å²) in [5.74, 6) is 0.345. The van der Waals surface area contributed by atoms with Crippen LogP contribution in [0.1, 0.15) is 39.5 Å². The molecular formula is C18H27N3O5S. The van der Waals surface area contributed by atoms with Crippen LogP contribution >= 0.6 is 0 Å². The molecule has 150 valence electrons. The highest BCUT2D eigenvalue weighted by Crippen LogP contribution is 2.38. The van der Waals surface area contributed by atoms with E-state index in [-0.39, 0.29) is 22.7 Å². The topological polar surface area (TPSA) is 102 Å². The number of nitro groups is 1. The maximum absolute atomic E-state index is 12.7. The molecule has 2 aliphatic rings. The summed E-state index contributed by atoms with van der Waals surface area (Å²) in [4.78, 5) is 11.0. The molecule has 9 heteroatoms. The van der Waals surface area contributed by atoms with Crippen molar-refractivity contribution in [3.05, 3.63) is 28.3 Å². The molecule has 1 aromatic rings. The fourth-order valence-corrected chi connectivity index (χ4v) is 5.69. The van der Waals surface area contributed by atoms with Crippen molar-refractivity contribution in [2.45, 2.75) is 56.6 Å². The van der Waals surface area contributed by atoms with Crippen LogP contribution in [0.3, 0.4) is 0 Å². The minimum absolute atomic E-state index is 0.0471. The van der Waals surface area contributed by atoms with Gasteiger partial charge in [0.1, 0.15) is 5.69 Å². The number of hydrogen-bond acceptors (Lipinski definition) is 6. The van der Waals surface area contributed by atoms with Crippen molar-refractivity contribution < 1.29 is 18.1 Å². The van der Waals surface area contributed by atoms with Crippen molar-refractivity contribution >= 4 is 21.4 Å². The summed E-state index contributed by atoms with van der Waals surface area (Å²) in [7, 11) is -3.74. The maximum atomic E-state index is 12.7. The van der Waals surface area contributed by atoms with E-state index < -0.39 is 14.9 Å².